The van der Waals surface area contributed by atoms with E-state index in [0.29, 0.717) is 35.5 Å². The van der Waals surface area contributed by atoms with Crippen LogP contribution in [0.25, 0.3) is 21.5 Å². The molecule has 0 aliphatic heterocycles. The molecule has 5 rings (SSSR count). The van der Waals surface area contributed by atoms with Gasteiger partial charge in [0.25, 0.3) is 0 Å². The van der Waals surface area contributed by atoms with Crippen LogP contribution in [-0.4, -0.2) is 37.4 Å². The fourth-order valence-corrected chi connectivity index (χ4v) is 4.77. The van der Waals surface area contributed by atoms with E-state index in [1.165, 1.54) is 0 Å². The summed E-state index contributed by atoms with van der Waals surface area (Å²) in [6.45, 7) is 4.34. The number of hydrogen-bond donors (Lipinski definition) is 0. The quantitative estimate of drug-likeness (QED) is 0.113. The topological polar surface area (TPSA) is 71.1 Å². The summed E-state index contributed by atoms with van der Waals surface area (Å²) in [7, 11) is 0. The van der Waals surface area contributed by atoms with Crippen molar-refractivity contribution in [1.29, 1.82) is 0 Å². The van der Waals surface area contributed by atoms with Crippen LogP contribution in [-0.2, 0) is 9.47 Å². The van der Waals surface area contributed by atoms with E-state index >= 15 is 0 Å². The summed E-state index contributed by atoms with van der Waals surface area (Å²) in [5.74, 6) is 0.654. The molecule has 0 fully saturated rings. The van der Waals surface area contributed by atoms with Crippen LogP contribution < -0.4 is 9.47 Å². The summed E-state index contributed by atoms with van der Waals surface area (Å²) >= 11 is 0. The van der Waals surface area contributed by atoms with E-state index in [9.17, 15) is 9.59 Å². The average molecular weight is 563 g/mol. The number of fused-ring (bicyclic) bond motifs is 2. The van der Waals surface area contributed by atoms with Crippen molar-refractivity contribution >= 4 is 33.5 Å². The predicted molar refractivity (Wildman–Crippen MR) is 164 cm³/mol. The van der Waals surface area contributed by atoms with Crippen LogP contribution in [0.3, 0.4) is 0 Å². The lowest BCUT2D eigenvalue weighted by Crippen LogP contribution is -2.25. The van der Waals surface area contributed by atoms with Crippen molar-refractivity contribution in [3.63, 3.8) is 0 Å². The summed E-state index contributed by atoms with van der Waals surface area (Å²) < 4.78 is 24.4. The minimum Gasteiger partial charge on any atom is -0.488 e. The molecule has 0 aromatic heterocycles. The maximum absolute atomic E-state index is 12.7. The third kappa shape index (κ3) is 6.55. The number of rotatable bonds is 12. The van der Waals surface area contributed by atoms with Crippen molar-refractivity contribution in [1.82, 2.24) is 0 Å². The zero-order valence-electron chi connectivity index (χ0n) is 23.8. The molecule has 6 heteroatoms. The monoisotopic (exact) mass is 562 g/mol. The van der Waals surface area contributed by atoms with E-state index in [-0.39, 0.29) is 25.2 Å². The van der Waals surface area contributed by atoms with E-state index in [4.69, 9.17) is 18.9 Å². The smallest absolute Gasteiger partial charge is 0.338 e. The highest BCUT2D eigenvalue weighted by Crippen LogP contribution is 2.43. The van der Waals surface area contributed by atoms with Gasteiger partial charge in [-0.05, 0) is 37.1 Å². The van der Waals surface area contributed by atoms with Crippen LogP contribution in [0.5, 0.6) is 11.5 Å². The Hall–Kier alpha value is -4.84. The minimum atomic E-state index is -0.421. The van der Waals surface area contributed by atoms with Gasteiger partial charge in [-0.3, -0.25) is 0 Å². The van der Waals surface area contributed by atoms with Gasteiger partial charge in [0.05, 0.1) is 11.1 Å². The number of carbonyl (C=O) groups excluding carboxylic acids is 2. The van der Waals surface area contributed by atoms with E-state index in [2.05, 4.69) is 0 Å². The van der Waals surface area contributed by atoms with Crippen molar-refractivity contribution in [3.8, 4) is 11.5 Å². The normalized spacial score (nSPS) is 12.4. The molecule has 5 aromatic carbocycles. The molecule has 0 radical (unpaired) electrons. The van der Waals surface area contributed by atoms with E-state index < -0.39 is 12.2 Å². The summed E-state index contributed by atoms with van der Waals surface area (Å²) in [5.41, 5.74) is 1.02. The number of carbonyl (C=O) groups is 2. The highest BCUT2D eigenvalue weighted by molar-refractivity contribution is 6.11. The summed E-state index contributed by atoms with van der Waals surface area (Å²) in [4.78, 5) is 25.3. The lowest BCUT2D eigenvalue weighted by molar-refractivity contribution is 0.0159. The second-order valence-corrected chi connectivity index (χ2v) is 9.97. The highest BCUT2D eigenvalue weighted by Gasteiger charge is 2.21. The minimum absolute atomic E-state index is 0.205. The van der Waals surface area contributed by atoms with E-state index in [1.54, 1.807) is 24.3 Å². The molecule has 2 atom stereocenters. The van der Waals surface area contributed by atoms with Crippen molar-refractivity contribution < 1.29 is 28.5 Å². The Balaban J connectivity index is 1.39. The molecule has 0 saturated carbocycles. The molecule has 0 heterocycles. The van der Waals surface area contributed by atoms with Crippen LogP contribution >= 0.6 is 0 Å². The van der Waals surface area contributed by atoms with Crippen LogP contribution in [0.1, 0.15) is 47.4 Å². The number of hydrogen-bond acceptors (Lipinski definition) is 6. The average Bonchev–Trinajstić information content (AvgIpc) is 3.05. The third-order valence-corrected chi connectivity index (χ3v) is 7.14. The van der Waals surface area contributed by atoms with Gasteiger partial charge in [0.1, 0.15) is 36.9 Å². The zero-order valence-corrected chi connectivity index (χ0v) is 23.8. The summed E-state index contributed by atoms with van der Waals surface area (Å²) in [5, 5.41) is 3.52. The second-order valence-electron chi connectivity index (χ2n) is 9.97. The molecule has 6 nitrogen and oxygen atoms in total. The van der Waals surface area contributed by atoms with Gasteiger partial charge >= 0.3 is 11.9 Å². The van der Waals surface area contributed by atoms with Gasteiger partial charge in [-0.1, -0.05) is 98.8 Å². The molecule has 0 N–H and O–H groups in total. The molecule has 0 amide bonds. The van der Waals surface area contributed by atoms with Crippen LogP contribution in [0.15, 0.2) is 109 Å². The Bertz CT molecular complexity index is 1470. The molecule has 42 heavy (non-hydrogen) atoms. The molecule has 0 bridgehead atoms. The fourth-order valence-electron chi connectivity index (χ4n) is 4.77. The first-order valence-electron chi connectivity index (χ1n) is 14.3. The Morgan fingerprint density at radius 1 is 0.500 bits per heavy atom. The fraction of sp³-hybridized carbons (Fsp3) is 0.222. The molecule has 0 aliphatic carbocycles. The molecule has 214 valence electrons. The Labute approximate surface area is 245 Å². The van der Waals surface area contributed by atoms with Crippen LogP contribution in [0, 0.1) is 0 Å². The standard InChI is InChI=1S/C36H34O6/c1-3-27(41-35(37)25-15-7-5-8-16-25)23-39-33-29-19-11-13-21-31(29)34(32-22-14-12-20-30(32)33)40-24-28(4-2)42-36(38)26-17-9-6-10-18-26/h5-22,27-28H,3-4,23-24H2,1-2H3. The maximum atomic E-state index is 12.7. The van der Waals surface area contributed by atoms with Gasteiger partial charge in [0.2, 0.25) is 0 Å². The van der Waals surface area contributed by atoms with E-state index in [0.717, 1.165) is 21.5 Å². The molecule has 0 spiro atoms. The molecular formula is C36H34O6. The molecule has 2 unspecified atom stereocenters. The lowest BCUT2D eigenvalue weighted by Gasteiger charge is -2.22. The van der Waals surface area contributed by atoms with Crippen LogP contribution in [0.4, 0.5) is 0 Å². The van der Waals surface area contributed by atoms with Crippen molar-refractivity contribution in [2.45, 2.75) is 38.9 Å². The van der Waals surface area contributed by atoms with Gasteiger partial charge in [-0.25, -0.2) is 9.59 Å². The second kappa shape index (κ2) is 13.7. The van der Waals surface area contributed by atoms with Crippen LogP contribution in [0.2, 0.25) is 0 Å². The molecular weight excluding hydrogens is 528 g/mol. The summed E-state index contributed by atoms with van der Waals surface area (Å²) in [6.07, 6.45) is 0.373. The van der Waals surface area contributed by atoms with Crippen molar-refractivity contribution in [3.05, 3.63) is 120 Å². The largest absolute Gasteiger partial charge is 0.488 e. The first kappa shape index (κ1) is 28.7. The van der Waals surface area contributed by atoms with E-state index in [1.807, 2.05) is 98.8 Å². The SMILES string of the molecule is CCC(COc1c2ccccc2c(OCC(CC)OC(=O)c2ccccc2)c2ccccc12)OC(=O)c1ccccc1. The first-order valence-corrected chi connectivity index (χ1v) is 14.3. The van der Waals surface area contributed by atoms with Gasteiger partial charge < -0.3 is 18.9 Å². The third-order valence-electron chi connectivity index (χ3n) is 7.14. The molecule has 0 saturated heterocycles. The Morgan fingerprint density at radius 2 is 0.810 bits per heavy atom. The van der Waals surface area contributed by atoms with Gasteiger partial charge in [-0.2, -0.15) is 0 Å². The lowest BCUT2D eigenvalue weighted by atomic mass is 10.0. The number of ether oxygens (including phenoxy) is 4. The predicted octanol–water partition coefficient (Wildman–Crippen LogP) is 8.02. The Kier molecular flexibility index (Phi) is 9.34. The highest BCUT2D eigenvalue weighted by atomic mass is 16.6. The van der Waals surface area contributed by atoms with Crippen molar-refractivity contribution in [2.75, 3.05) is 13.2 Å². The molecule has 0 aliphatic rings. The Morgan fingerprint density at radius 3 is 1.12 bits per heavy atom. The number of esters is 2. The number of benzene rings is 5. The summed E-state index contributed by atoms with van der Waals surface area (Å²) in [6, 6.07) is 33.7. The molecule has 5 aromatic rings. The van der Waals surface area contributed by atoms with Gasteiger partial charge in [-0.15, -0.1) is 0 Å². The first-order chi connectivity index (χ1) is 20.6. The van der Waals surface area contributed by atoms with Crippen molar-refractivity contribution in [2.24, 2.45) is 0 Å². The van der Waals surface area contributed by atoms with Gasteiger partial charge in [0.15, 0.2) is 0 Å². The zero-order chi connectivity index (χ0) is 29.3. The van der Waals surface area contributed by atoms with Gasteiger partial charge in [0, 0.05) is 21.5 Å². The maximum Gasteiger partial charge on any atom is 0.338 e.